The third-order valence-corrected chi connectivity index (χ3v) is 5.70. The first-order valence-electron chi connectivity index (χ1n) is 10.6. The monoisotopic (exact) mass is 453 g/mol. The van der Waals surface area contributed by atoms with E-state index in [1.165, 1.54) is 36.4 Å². The molecule has 0 aliphatic carbocycles. The molecule has 33 heavy (non-hydrogen) atoms. The van der Waals surface area contributed by atoms with Gasteiger partial charge in [0, 0.05) is 19.5 Å². The summed E-state index contributed by atoms with van der Waals surface area (Å²) in [4.78, 5) is 39.3. The van der Waals surface area contributed by atoms with Crippen LogP contribution in [-0.2, 0) is 14.3 Å². The number of benzene rings is 2. The number of anilines is 3. The molecule has 3 N–H and O–H groups in total. The highest BCUT2D eigenvalue weighted by Gasteiger charge is 2.35. The van der Waals surface area contributed by atoms with E-state index < -0.39 is 29.6 Å². The summed E-state index contributed by atoms with van der Waals surface area (Å²) in [7, 11) is 1.29. The van der Waals surface area contributed by atoms with Gasteiger partial charge in [0.1, 0.15) is 17.6 Å². The van der Waals surface area contributed by atoms with Crippen LogP contribution < -0.4 is 21.0 Å². The summed E-state index contributed by atoms with van der Waals surface area (Å²) in [5.41, 5.74) is 7.59. The Kier molecular flexibility index (Phi) is 6.25. The van der Waals surface area contributed by atoms with Crippen molar-refractivity contribution in [3.8, 4) is 0 Å². The van der Waals surface area contributed by atoms with Crippen molar-refractivity contribution in [1.82, 2.24) is 0 Å². The molecule has 9 nitrogen and oxygen atoms in total. The van der Waals surface area contributed by atoms with Gasteiger partial charge in [-0.3, -0.25) is 14.6 Å². The first-order valence-corrected chi connectivity index (χ1v) is 10.6. The molecule has 1 unspecified atom stereocenters. The minimum absolute atomic E-state index is 0.00567. The number of amides is 2. The fraction of sp³-hybridized carbons (Fsp3) is 0.304. The molecule has 0 radical (unpaired) electrons. The molecule has 2 aliphatic rings. The molecule has 1 saturated heterocycles. The van der Waals surface area contributed by atoms with Crippen molar-refractivity contribution in [3.05, 3.63) is 53.8 Å². The Morgan fingerprint density at radius 2 is 1.82 bits per heavy atom. The van der Waals surface area contributed by atoms with Gasteiger partial charge in [-0.15, -0.1) is 0 Å². The van der Waals surface area contributed by atoms with Gasteiger partial charge >= 0.3 is 5.97 Å². The topological polar surface area (TPSA) is 117 Å². The zero-order chi connectivity index (χ0) is 23.5. The Bertz CT molecular complexity index is 1110. The molecule has 2 aromatic carbocycles. The molecule has 1 atom stereocenters. The molecule has 2 heterocycles. The van der Waals surface area contributed by atoms with Crippen LogP contribution in [0.2, 0.25) is 0 Å². The van der Waals surface area contributed by atoms with E-state index >= 15 is 0 Å². The molecular weight excluding hydrogens is 429 g/mol. The summed E-state index contributed by atoms with van der Waals surface area (Å²) in [6, 6.07) is 9.51. The van der Waals surface area contributed by atoms with E-state index in [1.54, 1.807) is 18.2 Å². The summed E-state index contributed by atoms with van der Waals surface area (Å²) in [6.45, 7) is 1.67. The molecule has 2 aliphatic heterocycles. The summed E-state index contributed by atoms with van der Waals surface area (Å²) in [5, 5.41) is 8.45. The van der Waals surface area contributed by atoms with E-state index in [2.05, 4.69) is 15.3 Å². The summed E-state index contributed by atoms with van der Waals surface area (Å²) < 4.78 is 18.1. The van der Waals surface area contributed by atoms with Gasteiger partial charge < -0.3 is 20.7 Å². The minimum Gasteiger partial charge on any atom is -0.465 e. The lowest BCUT2D eigenvalue weighted by Crippen LogP contribution is -2.39. The van der Waals surface area contributed by atoms with E-state index in [9.17, 15) is 18.8 Å². The van der Waals surface area contributed by atoms with Crippen LogP contribution in [0.25, 0.3) is 0 Å². The zero-order valence-electron chi connectivity index (χ0n) is 18.1. The smallest absolute Gasteiger partial charge is 0.337 e. The highest BCUT2D eigenvalue weighted by atomic mass is 19.1. The quantitative estimate of drug-likeness (QED) is 0.648. The third kappa shape index (κ3) is 4.64. The predicted molar refractivity (Wildman–Crippen MR) is 122 cm³/mol. The molecule has 0 spiro atoms. The second kappa shape index (κ2) is 9.27. The van der Waals surface area contributed by atoms with Crippen molar-refractivity contribution in [1.29, 1.82) is 0 Å². The number of nitrogens with one attached hydrogen (secondary N) is 1. The molecule has 4 rings (SSSR count). The number of hydrogen-bond donors (Lipinski definition) is 2. The van der Waals surface area contributed by atoms with E-state index in [0.29, 0.717) is 16.9 Å². The molecule has 2 amide bonds. The Labute approximate surface area is 190 Å². The second-order valence-electron chi connectivity index (χ2n) is 7.86. The summed E-state index contributed by atoms with van der Waals surface area (Å²) in [5.74, 6) is -2.13. The summed E-state index contributed by atoms with van der Waals surface area (Å²) in [6.07, 6.45) is 2.06. The second-order valence-corrected chi connectivity index (χ2v) is 7.86. The van der Waals surface area contributed by atoms with Crippen LogP contribution in [0.5, 0.6) is 0 Å². The zero-order valence-corrected chi connectivity index (χ0v) is 18.1. The van der Waals surface area contributed by atoms with E-state index in [-0.39, 0.29) is 12.1 Å². The van der Waals surface area contributed by atoms with Gasteiger partial charge in [0.2, 0.25) is 5.91 Å². The fourth-order valence-electron chi connectivity index (χ4n) is 4.01. The van der Waals surface area contributed by atoms with Crippen LogP contribution in [0.3, 0.4) is 0 Å². The van der Waals surface area contributed by atoms with E-state index in [0.717, 1.165) is 31.6 Å². The highest BCUT2D eigenvalue weighted by molar-refractivity contribution is 6.44. The number of nitrogens with two attached hydrogens (primary N) is 1. The van der Waals surface area contributed by atoms with Gasteiger partial charge in [0.25, 0.3) is 5.91 Å². The maximum absolute atomic E-state index is 13.3. The number of carbonyl (C=O) groups excluding carboxylic acids is 3. The Morgan fingerprint density at radius 3 is 2.45 bits per heavy atom. The normalized spacial score (nSPS) is 17.6. The van der Waals surface area contributed by atoms with Crippen LogP contribution in [0.15, 0.2) is 47.6 Å². The van der Waals surface area contributed by atoms with Gasteiger partial charge in [0.15, 0.2) is 0 Å². The Balaban J connectivity index is 1.62. The third-order valence-electron chi connectivity index (χ3n) is 5.70. The predicted octanol–water partition coefficient (Wildman–Crippen LogP) is 2.27. The van der Waals surface area contributed by atoms with Crippen LogP contribution in [-0.4, -0.2) is 49.7 Å². The van der Waals surface area contributed by atoms with Crippen LogP contribution in [0.4, 0.5) is 21.5 Å². The fourth-order valence-corrected chi connectivity index (χ4v) is 4.01. The molecule has 0 saturated carbocycles. The summed E-state index contributed by atoms with van der Waals surface area (Å²) >= 11 is 0. The lowest BCUT2D eigenvalue weighted by Gasteiger charge is -2.22. The minimum atomic E-state index is -0.879. The molecule has 10 heteroatoms. The molecule has 1 fully saturated rings. The molecule has 172 valence electrons. The van der Waals surface area contributed by atoms with E-state index in [4.69, 9.17) is 10.5 Å². The number of rotatable bonds is 6. The molecule has 0 bridgehead atoms. The maximum Gasteiger partial charge on any atom is 0.337 e. The number of esters is 1. The number of carbonyl (C=O) groups is 3. The molecular formula is C23H24FN5O4. The standard InChI is InChI=1S/C23H24FN5O4/c1-33-23(32)14-4-9-19(28-10-2-3-11-28)17(12-14)26-22(31)18-13-20(21(25)30)29(27-18)16-7-5-15(24)6-8-16/h4-9,12,20H,2-3,10-11,13H2,1H3,(H2,25,30)(H,26,31). The van der Waals surface area contributed by atoms with Crippen molar-refractivity contribution < 1.29 is 23.5 Å². The van der Waals surface area contributed by atoms with Crippen LogP contribution in [0.1, 0.15) is 29.6 Å². The van der Waals surface area contributed by atoms with Crippen LogP contribution in [0, 0.1) is 5.82 Å². The molecule has 2 aromatic rings. The number of primary amides is 1. The van der Waals surface area contributed by atoms with Crippen molar-refractivity contribution in [2.75, 3.05) is 35.4 Å². The average molecular weight is 453 g/mol. The van der Waals surface area contributed by atoms with Gasteiger partial charge in [0.05, 0.1) is 29.7 Å². The van der Waals surface area contributed by atoms with Gasteiger partial charge in [-0.05, 0) is 55.3 Å². The Hall–Kier alpha value is -3.95. The van der Waals surface area contributed by atoms with Gasteiger partial charge in [-0.2, -0.15) is 5.10 Å². The van der Waals surface area contributed by atoms with Gasteiger partial charge in [-0.25, -0.2) is 9.18 Å². The van der Waals surface area contributed by atoms with Crippen molar-refractivity contribution in [3.63, 3.8) is 0 Å². The lowest BCUT2D eigenvalue weighted by molar-refractivity contribution is -0.119. The SMILES string of the molecule is COC(=O)c1ccc(N2CCCC2)c(NC(=O)C2=NN(c3ccc(F)cc3)C(C(N)=O)C2)c1. The number of halogens is 1. The first-order chi connectivity index (χ1) is 15.9. The number of nitrogens with zero attached hydrogens (tertiary/aromatic N) is 3. The lowest BCUT2D eigenvalue weighted by atomic mass is 10.1. The van der Waals surface area contributed by atoms with Crippen molar-refractivity contribution >= 4 is 40.6 Å². The first kappa shape index (κ1) is 22.3. The number of ether oxygens (including phenoxy) is 1. The highest BCUT2D eigenvalue weighted by Crippen LogP contribution is 2.31. The number of hydrogen-bond acceptors (Lipinski definition) is 7. The van der Waals surface area contributed by atoms with Gasteiger partial charge in [-0.1, -0.05) is 0 Å². The van der Waals surface area contributed by atoms with E-state index in [1.807, 2.05) is 0 Å². The maximum atomic E-state index is 13.3. The average Bonchev–Trinajstić information content (AvgIpc) is 3.49. The number of methoxy groups -OCH3 is 1. The molecule has 0 aromatic heterocycles. The van der Waals surface area contributed by atoms with Crippen LogP contribution >= 0.6 is 0 Å². The largest absolute Gasteiger partial charge is 0.465 e. The van der Waals surface area contributed by atoms with Crippen molar-refractivity contribution in [2.24, 2.45) is 10.8 Å². The Morgan fingerprint density at radius 1 is 1.12 bits per heavy atom. The number of hydrazone groups is 1. The van der Waals surface area contributed by atoms with Crippen molar-refractivity contribution in [2.45, 2.75) is 25.3 Å².